The molecule has 0 saturated carbocycles. The second kappa shape index (κ2) is 11.6. The highest BCUT2D eigenvalue weighted by Crippen LogP contribution is 2.36. The number of hydrogen-bond donors (Lipinski definition) is 3. The fraction of sp³-hybridized carbons (Fsp3) is 0.290. The number of para-hydroxylation sites is 1. The van der Waals surface area contributed by atoms with Crippen LogP contribution in [0.1, 0.15) is 18.5 Å². The Morgan fingerprint density at radius 3 is 2.26 bits per heavy atom. The van der Waals surface area contributed by atoms with Gasteiger partial charge in [0, 0.05) is 42.9 Å². The summed E-state index contributed by atoms with van der Waals surface area (Å²) in [6.07, 6.45) is 1.22. The summed E-state index contributed by atoms with van der Waals surface area (Å²) in [6.45, 7) is 1.11. The van der Waals surface area contributed by atoms with Crippen molar-refractivity contribution in [3.63, 3.8) is 0 Å². The van der Waals surface area contributed by atoms with Crippen LogP contribution in [0.2, 0.25) is 0 Å². The van der Waals surface area contributed by atoms with Crippen LogP contribution in [0.25, 0.3) is 22.6 Å². The Morgan fingerprint density at radius 1 is 0.929 bits per heavy atom. The van der Waals surface area contributed by atoms with Gasteiger partial charge in [-0.05, 0) is 49.2 Å². The van der Waals surface area contributed by atoms with Crippen molar-refractivity contribution in [1.29, 1.82) is 0 Å². The Morgan fingerprint density at radius 2 is 1.60 bits per heavy atom. The molecule has 0 unspecified atom stereocenters. The van der Waals surface area contributed by atoms with Crippen molar-refractivity contribution < 1.29 is 17.9 Å². The molecule has 2 aliphatic rings. The molecular formula is C31H34N6O4S. The molecule has 0 atom stereocenters. The van der Waals surface area contributed by atoms with Gasteiger partial charge in [0.15, 0.2) is 0 Å². The standard InChI is InChI=1S/C31H34N6O4S/c1-41-26-14-12-23(13-15-26)28-27(34-29(35-28)24-8-4-2-5-9-24)16-19-33-42(39,40)36-20-17-31(18-21-36)30(38)32-22-37(31)25-10-6-3-7-11-25/h2-15,33H,16-22H2,1H3,(H,32,38)(H,34,35). The molecule has 3 heterocycles. The SMILES string of the molecule is COc1ccc(-c2[nH]c(-c3ccccc3)nc2CCNS(=O)(=O)N2CCC3(CC2)C(=O)NCN3c2ccccc2)cc1. The van der Waals surface area contributed by atoms with Gasteiger partial charge in [-0.25, -0.2) is 9.71 Å². The van der Waals surface area contributed by atoms with Crippen molar-refractivity contribution in [2.24, 2.45) is 0 Å². The average Bonchev–Trinajstić information content (AvgIpc) is 3.59. The quantitative estimate of drug-likeness (QED) is 0.276. The second-order valence-electron chi connectivity index (χ2n) is 10.5. The zero-order valence-electron chi connectivity index (χ0n) is 23.4. The number of methoxy groups -OCH3 is 1. The Kier molecular flexibility index (Phi) is 7.72. The summed E-state index contributed by atoms with van der Waals surface area (Å²) in [5, 5.41) is 2.96. The van der Waals surface area contributed by atoms with Crippen LogP contribution in [0, 0.1) is 0 Å². The van der Waals surface area contributed by atoms with E-state index in [0.29, 0.717) is 25.9 Å². The normalized spacial score (nSPS) is 17.0. The molecule has 3 aromatic carbocycles. The van der Waals surface area contributed by atoms with E-state index in [-0.39, 0.29) is 25.5 Å². The largest absolute Gasteiger partial charge is 0.497 e. The molecule has 2 fully saturated rings. The number of imidazole rings is 1. The number of rotatable bonds is 9. The lowest BCUT2D eigenvalue weighted by Crippen LogP contribution is -2.58. The lowest BCUT2D eigenvalue weighted by molar-refractivity contribution is -0.124. The minimum absolute atomic E-state index is 0.0461. The lowest BCUT2D eigenvalue weighted by atomic mass is 9.86. The third kappa shape index (κ3) is 5.38. The number of anilines is 1. The van der Waals surface area contributed by atoms with Gasteiger partial charge in [-0.15, -0.1) is 0 Å². The van der Waals surface area contributed by atoms with Crippen LogP contribution in [0.4, 0.5) is 5.69 Å². The molecule has 218 valence electrons. The molecule has 0 radical (unpaired) electrons. The number of piperidine rings is 1. The van der Waals surface area contributed by atoms with Gasteiger partial charge in [0.1, 0.15) is 17.1 Å². The molecule has 11 heteroatoms. The summed E-state index contributed by atoms with van der Waals surface area (Å²) in [5.74, 6) is 1.43. The summed E-state index contributed by atoms with van der Waals surface area (Å²) in [5.41, 5.74) is 3.68. The number of ether oxygens (including phenoxy) is 1. The molecule has 3 N–H and O–H groups in total. The molecule has 2 saturated heterocycles. The maximum Gasteiger partial charge on any atom is 0.279 e. The number of H-pyrrole nitrogens is 1. The van der Waals surface area contributed by atoms with Gasteiger partial charge in [0.2, 0.25) is 5.91 Å². The van der Waals surface area contributed by atoms with Gasteiger partial charge in [-0.1, -0.05) is 48.5 Å². The van der Waals surface area contributed by atoms with Gasteiger partial charge in [0.25, 0.3) is 10.2 Å². The molecule has 42 heavy (non-hydrogen) atoms. The third-order valence-corrected chi connectivity index (χ3v) is 9.76. The highest BCUT2D eigenvalue weighted by Gasteiger charge is 2.51. The van der Waals surface area contributed by atoms with Crippen molar-refractivity contribution >= 4 is 21.8 Å². The van der Waals surface area contributed by atoms with E-state index in [4.69, 9.17) is 9.72 Å². The number of amides is 1. The molecule has 1 spiro atoms. The first-order valence-electron chi connectivity index (χ1n) is 14.0. The topological polar surface area (TPSA) is 120 Å². The van der Waals surface area contributed by atoms with E-state index in [1.54, 1.807) is 7.11 Å². The van der Waals surface area contributed by atoms with Gasteiger partial charge >= 0.3 is 0 Å². The first-order valence-corrected chi connectivity index (χ1v) is 15.5. The van der Waals surface area contributed by atoms with E-state index < -0.39 is 15.7 Å². The van der Waals surface area contributed by atoms with Gasteiger partial charge in [0.05, 0.1) is 25.2 Å². The van der Waals surface area contributed by atoms with E-state index in [1.165, 1.54) is 4.31 Å². The summed E-state index contributed by atoms with van der Waals surface area (Å²) in [7, 11) is -2.13. The monoisotopic (exact) mass is 586 g/mol. The molecule has 1 amide bonds. The number of nitrogens with zero attached hydrogens (tertiary/aromatic N) is 3. The van der Waals surface area contributed by atoms with Crippen LogP contribution in [-0.2, 0) is 21.4 Å². The van der Waals surface area contributed by atoms with Gasteiger partial charge in [-0.3, -0.25) is 4.79 Å². The fourth-order valence-electron chi connectivity index (χ4n) is 5.84. The summed E-state index contributed by atoms with van der Waals surface area (Å²) in [6, 6.07) is 27.3. The molecule has 10 nitrogen and oxygen atoms in total. The molecule has 1 aromatic heterocycles. The van der Waals surface area contributed by atoms with Crippen molar-refractivity contribution in [3.05, 3.63) is 90.6 Å². The fourth-order valence-corrected chi connectivity index (χ4v) is 7.04. The lowest BCUT2D eigenvalue weighted by Gasteiger charge is -2.42. The minimum atomic E-state index is -3.75. The van der Waals surface area contributed by atoms with Crippen LogP contribution >= 0.6 is 0 Å². The Balaban J connectivity index is 1.14. The predicted molar refractivity (Wildman–Crippen MR) is 162 cm³/mol. The summed E-state index contributed by atoms with van der Waals surface area (Å²) < 4.78 is 36.2. The van der Waals surface area contributed by atoms with E-state index in [0.717, 1.165) is 39.8 Å². The molecule has 6 rings (SSSR count). The van der Waals surface area contributed by atoms with Crippen LogP contribution < -0.4 is 19.7 Å². The highest BCUT2D eigenvalue weighted by atomic mass is 32.2. The van der Waals surface area contributed by atoms with Gasteiger partial charge in [-0.2, -0.15) is 12.7 Å². The number of carbonyl (C=O) groups is 1. The van der Waals surface area contributed by atoms with Gasteiger partial charge < -0.3 is 19.9 Å². The molecule has 0 bridgehead atoms. The smallest absolute Gasteiger partial charge is 0.279 e. The number of carbonyl (C=O) groups excluding carboxylic acids is 1. The number of aromatic amines is 1. The third-order valence-electron chi connectivity index (χ3n) is 8.15. The van der Waals surface area contributed by atoms with Crippen molar-refractivity contribution in [3.8, 4) is 28.4 Å². The number of benzene rings is 3. The van der Waals surface area contributed by atoms with Crippen molar-refractivity contribution in [2.75, 3.05) is 38.3 Å². The first kappa shape index (κ1) is 28.0. The van der Waals surface area contributed by atoms with E-state index in [2.05, 4.69) is 19.9 Å². The summed E-state index contributed by atoms with van der Waals surface area (Å²) >= 11 is 0. The maximum absolute atomic E-state index is 13.3. The number of nitrogens with one attached hydrogen (secondary N) is 3. The summed E-state index contributed by atoms with van der Waals surface area (Å²) in [4.78, 5) is 23.3. The zero-order valence-corrected chi connectivity index (χ0v) is 24.2. The Hall–Kier alpha value is -4.19. The zero-order chi connectivity index (χ0) is 29.2. The Bertz CT molecular complexity index is 1630. The number of aromatic nitrogens is 2. The van der Waals surface area contributed by atoms with E-state index in [9.17, 15) is 13.2 Å². The van der Waals surface area contributed by atoms with Crippen LogP contribution in [0.3, 0.4) is 0 Å². The number of hydrogen-bond acceptors (Lipinski definition) is 6. The molecular weight excluding hydrogens is 552 g/mol. The predicted octanol–water partition coefficient (Wildman–Crippen LogP) is 3.56. The van der Waals surface area contributed by atoms with E-state index in [1.807, 2.05) is 84.9 Å². The van der Waals surface area contributed by atoms with E-state index >= 15 is 0 Å². The van der Waals surface area contributed by atoms with Crippen LogP contribution in [0.15, 0.2) is 84.9 Å². The van der Waals surface area contributed by atoms with Crippen LogP contribution in [0.5, 0.6) is 5.75 Å². The first-order chi connectivity index (χ1) is 20.4. The second-order valence-corrected chi connectivity index (χ2v) is 12.3. The van der Waals surface area contributed by atoms with Crippen molar-refractivity contribution in [1.82, 2.24) is 24.3 Å². The minimum Gasteiger partial charge on any atom is -0.497 e. The maximum atomic E-state index is 13.3. The van der Waals surface area contributed by atoms with Crippen molar-refractivity contribution in [2.45, 2.75) is 24.8 Å². The molecule has 4 aromatic rings. The average molecular weight is 587 g/mol. The van der Waals surface area contributed by atoms with Crippen LogP contribution in [-0.4, -0.2) is 67.5 Å². The molecule has 0 aliphatic carbocycles. The Labute approximate surface area is 245 Å². The highest BCUT2D eigenvalue weighted by molar-refractivity contribution is 7.87. The molecule has 2 aliphatic heterocycles.